The molecule has 0 amide bonds. The molecule has 0 saturated heterocycles. The zero-order valence-electron chi connectivity index (χ0n) is 39.7. The molecule has 12 aromatic carbocycles. The van der Waals surface area contributed by atoms with Gasteiger partial charge in [0.1, 0.15) is 23.0 Å². The first-order chi connectivity index (χ1) is 36.2. The highest BCUT2D eigenvalue weighted by Gasteiger charge is 2.53. The fourth-order valence-corrected chi connectivity index (χ4v) is 18.0. The molecule has 73 heavy (non-hydrogen) atoms. The lowest BCUT2D eigenvalue weighted by Crippen LogP contribution is -2.77. The van der Waals surface area contributed by atoms with E-state index >= 15 is 0 Å². The molecule has 3 nitrogen and oxygen atoms in total. The molecule has 0 saturated carbocycles. The summed E-state index contributed by atoms with van der Waals surface area (Å²) in [7, 11) is -3.08. The summed E-state index contributed by atoms with van der Waals surface area (Å²) in [5, 5.41) is 9.61. The number of benzene rings is 12. The van der Waals surface area contributed by atoms with Gasteiger partial charge in [0.2, 0.25) is 0 Å². The van der Waals surface area contributed by atoms with Crippen molar-refractivity contribution in [3.63, 3.8) is 0 Å². The number of hydrogen-bond acceptors (Lipinski definition) is 3. The Bertz CT molecular complexity index is 4090. The summed E-state index contributed by atoms with van der Waals surface area (Å²) in [6.07, 6.45) is 0. The van der Waals surface area contributed by atoms with Crippen LogP contribution in [0.15, 0.2) is 273 Å². The van der Waals surface area contributed by atoms with E-state index in [0.717, 1.165) is 56.6 Å². The van der Waals surface area contributed by atoms with Crippen LogP contribution >= 0.6 is 0 Å². The molecule has 12 aromatic rings. The number of anilines is 3. The maximum atomic E-state index is 7.09. The van der Waals surface area contributed by atoms with Crippen LogP contribution in [0.25, 0.3) is 43.8 Å². The molecule has 0 unspecified atom stereocenters. The van der Waals surface area contributed by atoms with Gasteiger partial charge in [-0.3, -0.25) is 0 Å². The second-order valence-corrected chi connectivity index (χ2v) is 23.1. The third-order valence-electron chi connectivity index (χ3n) is 15.8. The van der Waals surface area contributed by atoms with Gasteiger partial charge in [-0.15, -0.1) is 0 Å². The van der Waals surface area contributed by atoms with Crippen molar-refractivity contribution in [2.24, 2.45) is 0 Å². The van der Waals surface area contributed by atoms with Gasteiger partial charge in [0.05, 0.1) is 16.8 Å². The van der Waals surface area contributed by atoms with Crippen molar-refractivity contribution in [2.75, 3.05) is 4.90 Å². The average Bonchev–Trinajstić information content (AvgIpc) is 3.77. The summed E-state index contributed by atoms with van der Waals surface area (Å²) in [6.45, 7) is 0. The van der Waals surface area contributed by atoms with Crippen molar-refractivity contribution in [1.29, 1.82) is 0 Å². The first-order valence-electron chi connectivity index (χ1n) is 25.1. The van der Waals surface area contributed by atoms with Crippen LogP contribution in [0.4, 0.5) is 17.1 Å². The van der Waals surface area contributed by atoms with E-state index in [1.54, 1.807) is 0 Å². The minimum Gasteiger partial charge on any atom is -0.458 e. The Morgan fingerprint density at radius 2 is 0.863 bits per heavy atom. The summed E-state index contributed by atoms with van der Waals surface area (Å²) in [6, 6.07) is 100. The van der Waals surface area contributed by atoms with Crippen molar-refractivity contribution in [3.05, 3.63) is 295 Å². The highest BCUT2D eigenvalue weighted by molar-refractivity contribution is 7.21. The molecule has 342 valence electrons. The molecular weight excluding hydrogens is 903 g/mol. The first-order valence-corrected chi connectivity index (χ1v) is 27.1. The second kappa shape index (κ2) is 16.2. The quantitative estimate of drug-likeness (QED) is 0.155. The van der Waals surface area contributed by atoms with Gasteiger partial charge in [-0.2, -0.15) is 0 Å². The van der Waals surface area contributed by atoms with Gasteiger partial charge in [0, 0.05) is 16.6 Å². The molecule has 0 aromatic heterocycles. The Morgan fingerprint density at radius 1 is 0.329 bits per heavy atom. The molecule has 1 spiro atoms. The third kappa shape index (κ3) is 5.99. The van der Waals surface area contributed by atoms with Crippen molar-refractivity contribution in [1.82, 2.24) is 0 Å². The Balaban J connectivity index is 0.973. The molecule has 3 aliphatic rings. The smallest absolute Gasteiger partial charge is 0.196 e. The van der Waals surface area contributed by atoms with Gasteiger partial charge in [-0.05, 0) is 124 Å². The summed E-state index contributed by atoms with van der Waals surface area (Å²) in [5.41, 5.74) is 12.5. The number of nitrogens with zero attached hydrogens (tertiary/aromatic N) is 1. The highest BCUT2D eigenvalue weighted by Crippen LogP contribution is 2.60. The minimum absolute atomic E-state index is 0.548. The lowest BCUT2D eigenvalue weighted by molar-refractivity contribution is 0.482. The molecule has 15 rings (SSSR count). The van der Waals surface area contributed by atoms with Crippen molar-refractivity contribution in [3.8, 4) is 45.3 Å². The second-order valence-electron chi connectivity index (χ2n) is 19.5. The third-order valence-corrected chi connectivity index (χ3v) is 20.6. The van der Waals surface area contributed by atoms with E-state index in [1.807, 2.05) is 0 Å². The summed E-state index contributed by atoms with van der Waals surface area (Å²) >= 11 is 0. The SMILES string of the molecule is c1ccc(C2(c3ccccc3)c3ccccc3-c3c(N(c4cccc(-c5ccc6c(c5)[Si]5(c7ccccc7Oc7ccccc75)c5cc7ccccc7cc5O6)c4)c4cccc5ccccc45)cccc32)cc1. The van der Waals surface area contributed by atoms with Gasteiger partial charge in [-0.25, -0.2) is 0 Å². The molecule has 1 aliphatic carbocycles. The van der Waals surface area contributed by atoms with Crippen LogP contribution in [0.3, 0.4) is 0 Å². The molecule has 2 heterocycles. The molecular formula is C69H45NO2Si. The highest BCUT2D eigenvalue weighted by atomic mass is 28.3. The molecule has 2 aliphatic heterocycles. The van der Waals surface area contributed by atoms with Crippen LogP contribution in [-0.2, 0) is 5.41 Å². The fraction of sp³-hybridized carbons (Fsp3) is 0.0145. The van der Waals surface area contributed by atoms with E-state index < -0.39 is 13.5 Å². The van der Waals surface area contributed by atoms with Gasteiger partial charge in [0.15, 0.2) is 8.07 Å². The van der Waals surface area contributed by atoms with Gasteiger partial charge in [0.25, 0.3) is 0 Å². The zero-order valence-corrected chi connectivity index (χ0v) is 40.7. The molecule has 0 radical (unpaired) electrons. The standard InChI is InChI=1S/C69H45NO2Si/c1-3-25-51(26-4-1)69(52-27-5-2-6-28-52)56-32-12-11-31-55(56)68-57(69)33-19-35-59(68)70(58-34-18-23-46-20-9-10-30-54(46)58)53-29-17-24-47(42-53)50-40-41-62-66(45-50)73(67-44-49-22-8-7-21-48(49)43-63(67)72-62)64-38-15-13-36-60(64)71-61-37-14-16-39-65(61)73/h1-45H. The summed E-state index contributed by atoms with van der Waals surface area (Å²) in [5.74, 6) is 3.60. The van der Waals surface area contributed by atoms with Crippen LogP contribution in [0.1, 0.15) is 22.3 Å². The maximum Gasteiger partial charge on any atom is 0.196 e. The first kappa shape index (κ1) is 41.5. The van der Waals surface area contributed by atoms with E-state index in [0.29, 0.717) is 0 Å². The fourth-order valence-electron chi connectivity index (χ4n) is 12.8. The van der Waals surface area contributed by atoms with Crippen molar-refractivity contribution >= 4 is 67.4 Å². The Kier molecular flexibility index (Phi) is 9.20. The number of ether oxygens (including phenoxy) is 2. The Morgan fingerprint density at radius 3 is 1.63 bits per heavy atom. The monoisotopic (exact) mass is 947 g/mol. The van der Waals surface area contributed by atoms with Gasteiger partial charge >= 0.3 is 0 Å². The lowest BCUT2D eigenvalue weighted by Gasteiger charge is -2.43. The number of para-hydroxylation sites is 2. The Hall–Kier alpha value is -9.22. The van der Waals surface area contributed by atoms with E-state index in [9.17, 15) is 0 Å². The average molecular weight is 948 g/mol. The molecule has 4 heteroatoms. The maximum absolute atomic E-state index is 7.09. The van der Waals surface area contributed by atoms with E-state index in [2.05, 4.69) is 278 Å². The normalized spacial score (nSPS) is 13.9. The summed E-state index contributed by atoms with van der Waals surface area (Å²) in [4.78, 5) is 2.51. The lowest BCUT2D eigenvalue weighted by atomic mass is 9.68. The molecule has 0 bridgehead atoms. The van der Waals surface area contributed by atoms with Crippen LogP contribution in [0.5, 0.6) is 23.0 Å². The van der Waals surface area contributed by atoms with Crippen LogP contribution in [-0.4, -0.2) is 8.07 Å². The zero-order chi connectivity index (χ0) is 48.1. The van der Waals surface area contributed by atoms with E-state index in [-0.39, 0.29) is 0 Å². The van der Waals surface area contributed by atoms with Crippen molar-refractivity contribution < 1.29 is 9.47 Å². The van der Waals surface area contributed by atoms with Crippen LogP contribution < -0.4 is 35.1 Å². The van der Waals surface area contributed by atoms with E-state index in [4.69, 9.17) is 9.47 Å². The number of hydrogen-bond donors (Lipinski definition) is 0. The molecule has 0 atom stereocenters. The Labute approximate surface area is 425 Å². The predicted octanol–water partition coefficient (Wildman–Crippen LogP) is 15.1. The van der Waals surface area contributed by atoms with Gasteiger partial charge in [-0.1, -0.05) is 224 Å². The summed E-state index contributed by atoms with van der Waals surface area (Å²) < 4.78 is 13.9. The van der Waals surface area contributed by atoms with E-state index in [1.165, 1.54) is 70.3 Å². The van der Waals surface area contributed by atoms with Crippen LogP contribution in [0, 0.1) is 0 Å². The largest absolute Gasteiger partial charge is 0.458 e. The number of fused-ring (bicyclic) bond motifs is 13. The molecule has 0 N–H and O–H groups in total. The van der Waals surface area contributed by atoms with Gasteiger partial charge < -0.3 is 14.4 Å². The van der Waals surface area contributed by atoms with Crippen LogP contribution in [0.2, 0.25) is 0 Å². The minimum atomic E-state index is -3.08. The topological polar surface area (TPSA) is 21.7 Å². The van der Waals surface area contributed by atoms with Crippen molar-refractivity contribution in [2.45, 2.75) is 5.41 Å². The predicted molar refractivity (Wildman–Crippen MR) is 303 cm³/mol. The molecule has 0 fully saturated rings. The number of rotatable bonds is 6.